The van der Waals surface area contributed by atoms with Crippen molar-refractivity contribution in [1.82, 2.24) is 4.90 Å². The third kappa shape index (κ3) is 3.73. The lowest BCUT2D eigenvalue weighted by molar-refractivity contribution is -0.141. The second-order valence-corrected chi connectivity index (χ2v) is 4.03. The molecule has 0 heterocycles. The number of anilines is 1. The fourth-order valence-corrected chi connectivity index (χ4v) is 1.35. The zero-order valence-corrected chi connectivity index (χ0v) is 10.2. The second-order valence-electron chi connectivity index (χ2n) is 4.03. The first kappa shape index (κ1) is 14.0. The summed E-state index contributed by atoms with van der Waals surface area (Å²) in [7, 11) is 1.45. The Kier molecular flexibility index (Phi) is 4.65. The zero-order chi connectivity index (χ0) is 13.7. The average molecular weight is 254 g/mol. The number of urea groups is 1. The van der Waals surface area contributed by atoms with Gasteiger partial charge in [0.25, 0.3) is 0 Å². The van der Waals surface area contributed by atoms with Crippen LogP contribution in [0.4, 0.5) is 14.9 Å². The number of rotatable bonds is 4. The molecule has 0 bridgehead atoms. The standard InChI is InChI=1S/C12H15FN2O3/c1-8(11(16)17)7-15(2)12(18)14-10-6-4-3-5-9(10)13/h3-6,8H,7H2,1-2H3,(H,14,18)(H,16,17). The van der Waals surface area contributed by atoms with Crippen LogP contribution in [0.5, 0.6) is 0 Å². The van der Waals surface area contributed by atoms with E-state index in [1.54, 1.807) is 6.07 Å². The number of carboxylic acid groups (broad SMARTS) is 1. The van der Waals surface area contributed by atoms with Crippen molar-refractivity contribution in [3.8, 4) is 0 Å². The highest BCUT2D eigenvalue weighted by Crippen LogP contribution is 2.13. The Balaban J connectivity index is 2.61. The Bertz CT molecular complexity index is 451. The van der Waals surface area contributed by atoms with E-state index in [2.05, 4.69) is 5.32 Å². The molecular weight excluding hydrogens is 239 g/mol. The molecule has 98 valence electrons. The fraction of sp³-hybridized carbons (Fsp3) is 0.333. The highest BCUT2D eigenvalue weighted by molar-refractivity contribution is 5.89. The monoisotopic (exact) mass is 254 g/mol. The quantitative estimate of drug-likeness (QED) is 0.863. The fourth-order valence-electron chi connectivity index (χ4n) is 1.35. The largest absolute Gasteiger partial charge is 0.481 e. The molecule has 0 aliphatic heterocycles. The van der Waals surface area contributed by atoms with Gasteiger partial charge >= 0.3 is 12.0 Å². The maximum absolute atomic E-state index is 13.3. The Morgan fingerprint density at radius 2 is 2.06 bits per heavy atom. The summed E-state index contributed by atoms with van der Waals surface area (Å²) in [5.41, 5.74) is 0.0670. The van der Waals surface area contributed by atoms with Crippen molar-refractivity contribution in [1.29, 1.82) is 0 Å². The first-order valence-electron chi connectivity index (χ1n) is 5.41. The third-order valence-corrected chi connectivity index (χ3v) is 2.43. The van der Waals surface area contributed by atoms with Crippen LogP contribution in [-0.4, -0.2) is 35.6 Å². The van der Waals surface area contributed by atoms with Gasteiger partial charge in [-0.2, -0.15) is 0 Å². The van der Waals surface area contributed by atoms with Gasteiger partial charge < -0.3 is 15.3 Å². The van der Waals surface area contributed by atoms with Crippen molar-refractivity contribution in [3.05, 3.63) is 30.1 Å². The van der Waals surface area contributed by atoms with Gasteiger partial charge in [0.1, 0.15) is 5.82 Å². The molecular formula is C12H15FN2O3. The molecule has 0 fully saturated rings. The molecule has 5 nitrogen and oxygen atoms in total. The molecule has 0 aromatic heterocycles. The van der Waals surface area contributed by atoms with Crippen LogP contribution in [0, 0.1) is 11.7 Å². The molecule has 0 aliphatic carbocycles. The van der Waals surface area contributed by atoms with Crippen LogP contribution in [0.2, 0.25) is 0 Å². The van der Waals surface area contributed by atoms with E-state index in [9.17, 15) is 14.0 Å². The number of aliphatic carboxylic acids is 1. The lowest BCUT2D eigenvalue weighted by Crippen LogP contribution is -2.36. The van der Waals surface area contributed by atoms with E-state index in [-0.39, 0.29) is 12.2 Å². The van der Waals surface area contributed by atoms with Crippen molar-refractivity contribution in [2.75, 3.05) is 18.9 Å². The highest BCUT2D eigenvalue weighted by atomic mass is 19.1. The summed E-state index contributed by atoms with van der Waals surface area (Å²) in [5.74, 6) is -2.20. The van der Waals surface area contributed by atoms with Crippen LogP contribution in [0.25, 0.3) is 0 Å². The van der Waals surface area contributed by atoms with Gasteiger partial charge in [0.05, 0.1) is 11.6 Å². The van der Waals surface area contributed by atoms with Crippen LogP contribution in [0.3, 0.4) is 0 Å². The highest BCUT2D eigenvalue weighted by Gasteiger charge is 2.17. The molecule has 0 aliphatic rings. The lowest BCUT2D eigenvalue weighted by Gasteiger charge is -2.20. The molecule has 2 amide bonds. The van der Waals surface area contributed by atoms with Gasteiger partial charge in [0, 0.05) is 13.6 Å². The van der Waals surface area contributed by atoms with E-state index in [1.165, 1.54) is 37.1 Å². The Morgan fingerprint density at radius 1 is 1.44 bits per heavy atom. The second kappa shape index (κ2) is 6.00. The summed E-state index contributed by atoms with van der Waals surface area (Å²) >= 11 is 0. The van der Waals surface area contributed by atoms with Crippen molar-refractivity contribution >= 4 is 17.7 Å². The predicted octanol–water partition coefficient (Wildman–Crippen LogP) is 2.01. The van der Waals surface area contributed by atoms with Crippen LogP contribution < -0.4 is 5.32 Å². The number of carboxylic acids is 1. The molecule has 1 aromatic carbocycles. The van der Waals surface area contributed by atoms with Crippen molar-refractivity contribution < 1.29 is 19.1 Å². The average Bonchev–Trinajstić information content (AvgIpc) is 2.31. The molecule has 1 unspecified atom stereocenters. The molecule has 0 saturated carbocycles. The summed E-state index contributed by atoms with van der Waals surface area (Å²) in [4.78, 5) is 23.5. The number of amides is 2. The molecule has 0 radical (unpaired) electrons. The molecule has 2 N–H and O–H groups in total. The number of carbonyl (C=O) groups is 2. The molecule has 6 heteroatoms. The first-order valence-corrected chi connectivity index (χ1v) is 5.41. The van der Waals surface area contributed by atoms with E-state index < -0.39 is 23.7 Å². The summed E-state index contributed by atoms with van der Waals surface area (Å²) in [6.45, 7) is 1.55. The number of halogens is 1. The maximum atomic E-state index is 13.3. The summed E-state index contributed by atoms with van der Waals surface area (Å²) in [6.07, 6.45) is 0. The minimum absolute atomic E-state index is 0.0512. The molecule has 0 saturated heterocycles. The van der Waals surface area contributed by atoms with E-state index in [0.717, 1.165) is 0 Å². The number of nitrogens with zero attached hydrogens (tertiary/aromatic N) is 1. The summed E-state index contributed by atoms with van der Waals surface area (Å²) in [6, 6.07) is 5.23. The Labute approximate surface area is 104 Å². The van der Waals surface area contributed by atoms with E-state index in [1.807, 2.05) is 0 Å². The number of para-hydroxylation sites is 1. The first-order chi connectivity index (χ1) is 8.41. The lowest BCUT2D eigenvalue weighted by atomic mass is 10.2. The molecule has 18 heavy (non-hydrogen) atoms. The third-order valence-electron chi connectivity index (χ3n) is 2.43. The number of hydrogen-bond acceptors (Lipinski definition) is 2. The van der Waals surface area contributed by atoms with Gasteiger partial charge in [-0.05, 0) is 12.1 Å². The van der Waals surface area contributed by atoms with E-state index in [0.29, 0.717) is 0 Å². The number of carbonyl (C=O) groups excluding carboxylic acids is 1. The number of hydrogen-bond donors (Lipinski definition) is 2. The smallest absolute Gasteiger partial charge is 0.321 e. The Hall–Kier alpha value is -2.11. The normalized spacial score (nSPS) is 11.7. The maximum Gasteiger partial charge on any atom is 0.321 e. The summed E-state index contributed by atoms with van der Waals surface area (Å²) in [5, 5.41) is 11.1. The van der Waals surface area contributed by atoms with Gasteiger partial charge in [-0.15, -0.1) is 0 Å². The van der Waals surface area contributed by atoms with E-state index in [4.69, 9.17) is 5.11 Å². The minimum Gasteiger partial charge on any atom is -0.481 e. The summed E-state index contributed by atoms with van der Waals surface area (Å²) < 4.78 is 13.3. The van der Waals surface area contributed by atoms with Gasteiger partial charge in [-0.3, -0.25) is 4.79 Å². The predicted molar refractivity (Wildman–Crippen MR) is 64.8 cm³/mol. The SMILES string of the molecule is CC(CN(C)C(=O)Nc1ccccc1F)C(=O)O. The number of benzene rings is 1. The van der Waals surface area contributed by atoms with Crippen LogP contribution in [0.1, 0.15) is 6.92 Å². The van der Waals surface area contributed by atoms with Gasteiger partial charge in [-0.1, -0.05) is 19.1 Å². The molecule has 1 atom stereocenters. The van der Waals surface area contributed by atoms with Crippen molar-refractivity contribution in [2.45, 2.75) is 6.92 Å². The van der Waals surface area contributed by atoms with Gasteiger partial charge in [0.2, 0.25) is 0 Å². The van der Waals surface area contributed by atoms with Crippen LogP contribution >= 0.6 is 0 Å². The van der Waals surface area contributed by atoms with Gasteiger partial charge in [-0.25, -0.2) is 9.18 Å². The topological polar surface area (TPSA) is 69.6 Å². The molecule has 1 rings (SSSR count). The van der Waals surface area contributed by atoms with Crippen molar-refractivity contribution in [2.24, 2.45) is 5.92 Å². The number of nitrogens with one attached hydrogen (secondary N) is 1. The van der Waals surface area contributed by atoms with Crippen LogP contribution in [0.15, 0.2) is 24.3 Å². The van der Waals surface area contributed by atoms with Gasteiger partial charge in [0.15, 0.2) is 0 Å². The Morgan fingerprint density at radius 3 is 2.61 bits per heavy atom. The molecule has 1 aromatic rings. The molecule has 0 spiro atoms. The zero-order valence-electron chi connectivity index (χ0n) is 10.2. The minimum atomic E-state index is -0.986. The van der Waals surface area contributed by atoms with Crippen molar-refractivity contribution in [3.63, 3.8) is 0 Å². The van der Waals surface area contributed by atoms with Crippen LogP contribution in [-0.2, 0) is 4.79 Å². The van der Waals surface area contributed by atoms with E-state index >= 15 is 0 Å².